The number of hydrogen-bond donors (Lipinski definition) is 2. The number of ether oxygens (including phenoxy) is 1. The molecule has 1 fully saturated rings. The summed E-state index contributed by atoms with van der Waals surface area (Å²) in [5.74, 6) is 0.336. The molecule has 2 aliphatic rings. The maximum absolute atomic E-state index is 10.4. The van der Waals surface area contributed by atoms with E-state index < -0.39 is 0 Å². The molecule has 92 valence electrons. The third-order valence-corrected chi connectivity index (χ3v) is 4.34. The maximum atomic E-state index is 10.4. The van der Waals surface area contributed by atoms with Crippen molar-refractivity contribution in [2.75, 3.05) is 13.2 Å². The highest BCUT2D eigenvalue weighted by atomic mass is 16.5. The SMILES string of the molecule is Oc1cccc2c1C1(CCOCC1)C(O)CC2. The molecule has 3 rings (SSSR count). The molecule has 1 atom stereocenters. The number of phenolic OH excluding ortho intramolecular Hbond substituents is 1. The highest BCUT2D eigenvalue weighted by Crippen LogP contribution is 2.48. The molecular formula is C14H18O3. The molecule has 0 saturated carbocycles. The Hall–Kier alpha value is -1.06. The fourth-order valence-electron chi connectivity index (χ4n) is 3.42. The molecule has 1 unspecified atom stereocenters. The minimum atomic E-state index is -0.354. The Kier molecular flexibility index (Phi) is 2.60. The van der Waals surface area contributed by atoms with Crippen LogP contribution in [0.1, 0.15) is 30.4 Å². The number of aliphatic hydroxyl groups is 1. The van der Waals surface area contributed by atoms with Crippen molar-refractivity contribution >= 4 is 0 Å². The number of aryl methyl sites for hydroxylation is 1. The zero-order valence-electron chi connectivity index (χ0n) is 9.85. The van der Waals surface area contributed by atoms with Gasteiger partial charge in [0.05, 0.1) is 6.10 Å². The Balaban J connectivity index is 2.15. The fraction of sp³-hybridized carbons (Fsp3) is 0.571. The molecule has 0 bridgehead atoms. The van der Waals surface area contributed by atoms with E-state index in [2.05, 4.69) is 6.07 Å². The molecular weight excluding hydrogens is 216 g/mol. The number of fused-ring (bicyclic) bond motifs is 2. The van der Waals surface area contributed by atoms with Crippen molar-refractivity contribution < 1.29 is 14.9 Å². The lowest BCUT2D eigenvalue weighted by Gasteiger charge is -2.45. The van der Waals surface area contributed by atoms with E-state index in [9.17, 15) is 10.2 Å². The molecule has 1 aromatic rings. The molecule has 0 aromatic heterocycles. The summed E-state index contributed by atoms with van der Waals surface area (Å²) in [6.07, 6.45) is 2.90. The van der Waals surface area contributed by atoms with Gasteiger partial charge in [0.15, 0.2) is 0 Å². The molecule has 0 amide bonds. The number of rotatable bonds is 0. The minimum Gasteiger partial charge on any atom is -0.508 e. The molecule has 1 spiro atoms. The van der Waals surface area contributed by atoms with Crippen molar-refractivity contribution in [3.8, 4) is 5.75 Å². The lowest BCUT2D eigenvalue weighted by atomic mass is 9.63. The van der Waals surface area contributed by atoms with Crippen molar-refractivity contribution in [1.29, 1.82) is 0 Å². The second-order valence-electron chi connectivity index (χ2n) is 5.13. The average molecular weight is 234 g/mol. The summed E-state index contributed by atoms with van der Waals surface area (Å²) in [5.41, 5.74) is 1.89. The monoisotopic (exact) mass is 234 g/mol. The highest BCUT2D eigenvalue weighted by molar-refractivity contribution is 5.48. The molecule has 1 aromatic carbocycles. The number of phenols is 1. The van der Waals surface area contributed by atoms with E-state index in [-0.39, 0.29) is 11.5 Å². The third kappa shape index (κ3) is 1.57. The number of hydrogen-bond acceptors (Lipinski definition) is 3. The minimum absolute atomic E-state index is 0.281. The van der Waals surface area contributed by atoms with Crippen LogP contribution in [0.3, 0.4) is 0 Å². The summed E-state index contributed by atoms with van der Waals surface area (Å²) in [6, 6.07) is 5.69. The molecule has 1 heterocycles. The van der Waals surface area contributed by atoms with Crippen molar-refractivity contribution in [3.05, 3.63) is 29.3 Å². The normalized spacial score (nSPS) is 26.8. The highest BCUT2D eigenvalue weighted by Gasteiger charge is 2.46. The summed E-state index contributed by atoms with van der Waals surface area (Å²) in [6.45, 7) is 1.34. The summed E-state index contributed by atoms with van der Waals surface area (Å²) in [4.78, 5) is 0. The van der Waals surface area contributed by atoms with Crippen molar-refractivity contribution in [2.45, 2.75) is 37.2 Å². The largest absolute Gasteiger partial charge is 0.508 e. The first-order valence-electron chi connectivity index (χ1n) is 6.31. The van der Waals surface area contributed by atoms with E-state index in [1.165, 1.54) is 5.56 Å². The van der Waals surface area contributed by atoms with Crippen LogP contribution in [0.2, 0.25) is 0 Å². The topological polar surface area (TPSA) is 49.7 Å². The standard InChI is InChI=1S/C14H18O3/c15-11-3-1-2-10-4-5-12(16)14(13(10)11)6-8-17-9-7-14/h1-3,12,15-16H,4-9H2. The molecule has 1 saturated heterocycles. The lowest BCUT2D eigenvalue weighted by molar-refractivity contribution is -0.0247. The van der Waals surface area contributed by atoms with Gasteiger partial charge in [-0.3, -0.25) is 0 Å². The molecule has 3 heteroatoms. The predicted molar refractivity (Wildman–Crippen MR) is 64.2 cm³/mol. The smallest absolute Gasteiger partial charge is 0.119 e. The van der Waals surface area contributed by atoms with Gasteiger partial charge in [-0.2, -0.15) is 0 Å². The van der Waals surface area contributed by atoms with Crippen molar-refractivity contribution in [3.63, 3.8) is 0 Å². The maximum Gasteiger partial charge on any atom is 0.119 e. The first kappa shape index (κ1) is 11.1. The molecule has 2 N–H and O–H groups in total. The van der Waals surface area contributed by atoms with E-state index >= 15 is 0 Å². The van der Waals surface area contributed by atoms with Crippen LogP contribution in [0, 0.1) is 0 Å². The predicted octanol–water partition coefficient (Wildman–Crippen LogP) is 1.75. The van der Waals surface area contributed by atoms with Crippen molar-refractivity contribution in [1.82, 2.24) is 0 Å². The fourth-order valence-corrected chi connectivity index (χ4v) is 3.42. The van der Waals surface area contributed by atoms with Gasteiger partial charge < -0.3 is 14.9 Å². The van der Waals surface area contributed by atoms with Crippen LogP contribution in [0.25, 0.3) is 0 Å². The zero-order chi connectivity index (χ0) is 11.9. The Labute approximate surface area is 101 Å². The van der Waals surface area contributed by atoms with Crippen LogP contribution in [0.4, 0.5) is 0 Å². The van der Waals surface area contributed by atoms with Crippen LogP contribution >= 0.6 is 0 Å². The van der Waals surface area contributed by atoms with Gasteiger partial charge in [-0.15, -0.1) is 0 Å². The number of aliphatic hydroxyl groups excluding tert-OH is 1. The first-order chi connectivity index (χ1) is 8.24. The number of aromatic hydroxyl groups is 1. The van der Waals surface area contributed by atoms with Gasteiger partial charge >= 0.3 is 0 Å². The Morgan fingerprint density at radius 1 is 1.24 bits per heavy atom. The van der Waals surface area contributed by atoms with Gasteiger partial charge in [0.2, 0.25) is 0 Å². The van der Waals surface area contributed by atoms with E-state index in [1.807, 2.05) is 6.07 Å². The Morgan fingerprint density at radius 3 is 2.76 bits per heavy atom. The molecule has 17 heavy (non-hydrogen) atoms. The van der Waals surface area contributed by atoms with Crippen LogP contribution in [0.5, 0.6) is 5.75 Å². The average Bonchev–Trinajstić information content (AvgIpc) is 2.35. The summed E-state index contributed by atoms with van der Waals surface area (Å²) in [7, 11) is 0. The first-order valence-corrected chi connectivity index (χ1v) is 6.31. The van der Waals surface area contributed by atoms with E-state index in [4.69, 9.17) is 4.74 Å². The summed E-state index contributed by atoms with van der Waals surface area (Å²) < 4.78 is 5.41. The van der Waals surface area contributed by atoms with Gasteiger partial charge in [-0.25, -0.2) is 0 Å². The van der Waals surface area contributed by atoms with E-state index in [1.54, 1.807) is 6.07 Å². The second kappa shape index (κ2) is 4.00. The lowest BCUT2D eigenvalue weighted by Crippen LogP contribution is -2.47. The van der Waals surface area contributed by atoms with Crippen LogP contribution in [0.15, 0.2) is 18.2 Å². The molecule has 3 nitrogen and oxygen atoms in total. The van der Waals surface area contributed by atoms with Crippen LogP contribution < -0.4 is 0 Å². The molecule has 1 aliphatic carbocycles. The third-order valence-electron chi connectivity index (χ3n) is 4.34. The van der Waals surface area contributed by atoms with E-state index in [0.717, 1.165) is 31.2 Å². The van der Waals surface area contributed by atoms with Crippen molar-refractivity contribution in [2.24, 2.45) is 0 Å². The van der Waals surface area contributed by atoms with E-state index in [0.29, 0.717) is 19.0 Å². The summed E-state index contributed by atoms with van der Waals surface area (Å²) >= 11 is 0. The molecule has 0 radical (unpaired) electrons. The van der Waals surface area contributed by atoms with Gasteiger partial charge in [-0.05, 0) is 37.3 Å². The quantitative estimate of drug-likeness (QED) is 0.719. The second-order valence-corrected chi connectivity index (χ2v) is 5.13. The van der Waals surface area contributed by atoms with Gasteiger partial charge in [0, 0.05) is 24.2 Å². The van der Waals surface area contributed by atoms with Crippen LogP contribution in [-0.2, 0) is 16.6 Å². The van der Waals surface area contributed by atoms with Gasteiger partial charge in [-0.1, -0.05) is 12.1 Å². The zero-order valence-corrected chi connectivity index (χ0v) is 9.85. The van der Waals surface area contributed by atoms with Gasteiger partial charge in [0.25, 0.3) is 0 Å². The Morgan fingerprint density at radius 2 is 2.00 bits per heavy atom. The Bertz CT molecular complexity index is 421. The van der Waals surface area contributed by atoms with Crippen LogP contribution in [-0.4, -0.2) is 29.5 Å². The van der Waals surface area contributed by atoms with Gasteiger partial charge in [0.1, 0.15) is 5.75 Å². The molecule has 1 aliphatic heterocycles. The summed E-state index contributed by atoms with van der Waals surface area (Å²) in [5, 5.41) is 20.5. The number of benzene rings is 1.